The minimum Gasteiger partial charge on any atom is -0.496 e. The van der Waals surface area contributed by atoms with Gasteiger partial charge in [0.15, 0.2) is 5.78 Å². The zero-order valence-corrected chi connectivity index (χ0v) is 17.2. The van der Waals surface area contributed by atoms with Crippen LogP contribution in [0.3, 0.4) is 0 Å². The summed E-state index contributed by atoms with van der Waals surface area (Å²) in [5.74, 6) is -0.573. The van der Waals surface area contributed by atoms with Crippen LogP contribution in [0.1, 0.15) is 40.4 Å². The molecule has 1 heterocycles. The van der Waals surface area contributed by atoms with E-state index in [0.717, 1.165) is 16.8 Å². The van der Waals surface area contributed by atoms with E-state index < -0.39 is 11.9 Å². The maximum Gasteiger partial charge on any atom is 0.311 e. The molecule has 2 aromatic carbocycles. The van der Waals surface area contributed by atoms with Gasteiger partial charge >= 0.3 is 5.97 Å². The Bertz CT molecular complexity index is 966. The highest BCUT2D eigenvalue weighted by Crippen LogP contribution is 2.30. The van der Waals surface area contributed by atoms with Gasteiger partial charge in [0.05, 0.1) is 13.0 Å². The first-order valence-electron chi connectivity index (χ1n) is 9.53. The van der Waals surface area contributed by atoms with Crippen molar-refractivity contribution in [3.63, 3.8) is 0 Å². The number of benzene rings is 2. The number of aryl methyl sites for hydroxylation is 1. The lowest BCUT2D eigenvalue weighted by molar-refractivity contribution is -0.149. The van der Waals surface area contributed by atoms with Crippen LogP contribution in [0, 0.1) is 19.8 Å². The fraction of sp³-hybridized carbons (Fsp3) is 0.348. The smallest absolute Gasteiger partial charge is 0.311 e. The number of ketones is 1. The van der Waals surface area contributed by atoms with Gasteiger partial charge in [-0.25, -0.2) is 0 Å². The summed E-state index contributed by atoms with van der Waals surface area (Å²) in [6.07, 6.45) is 0.122. The van der Waals surface area contributed by atoms with Crippen LogP contribution in [-0.4, -0.2) is 31.3 Å². The molecule has 2 aromatic rings. The first-order valence-corrected chi connectivity index (χ1v) is 9.53. The van der Waals surface area contributed by atoms with E-state index in [0.29, 0.717) is 23.4 Å². The summed E-state index contributed by atoms with van der Waals surface area (Å²) in [6, 6.07) is 10.8. The van der Waals surface area contributed by atoms with Crippen LogP contribution in [0.2, 0.25) is 0 Å². The second kappa shape index (κ2) is 8.47. The fourth-order valence-electron chi connectivity index (χ4n) is 3.50. The van der Waals surface area contributed by atoms with Gasteiger partial charge in [0, 0.05) is 29.8 Å². The maximum absolute atomic E-state index is 12.6. The molecule has 0 saturated carbocycles. The highest BCUT2D eigenvalue weighted by Gasteiger charge is 2.36. The Hall–Kier alpha value is -3.15. The molecule has 1 aliphatic heterocycles. The van der Waals surface area contributed by atoms with Crippen molar-refractivity contribution in [2.75, 3.05) is 18.6 Å². The molecular formula is C23H25NO5. The van der Waals surface area contributed by atoms with E-state index in [-0.39, 0.29) is 24.7 Å². The molecule has 3 rings (SSSR count). The van der Waals surface area contributed by atoms with Crippen LogP contribution in [0.5, 0.6) is 5.75 Å². The lowest BCUT2D eigenvalue weighted by Gasteiger charge is -2.20. The number of methoxy groups -OCH3 is 1. The van der Waals surface area contributed by atoms with Crippen molar-refractivity contribution in [2.45, 2.75) is 33.8 Å². The Balaban J connectivity index is 1.70. The minimum atomic E-state index is -0.524. The highest BCUT2D eigenvalue weighted by molar-refractivity contribution is 6.00. The number of carbonyl (C=O) groups excluding carboxylic acids is 3. The third-order valence-electron chi connectivity index (χ3n) is 5.38. The van der Waals surface area contributed by atoms with Crippen LogP contribution in [0.15, 0.2) is 36.4 Å². The monoisotopic (exact) mass is 395 g/mol. The van der Waals surface area contributed by atoms with Crippen molar-refractivity contribution in [3.05, 3.63) is 58.7 Å². The van der Waals surface area contributed by atoms with Gasteiger partial charge in [-0.15, -0.1) is 0 Å². The molecule has 0 bridgehead atoms. The van der Waals surface area contributed by atoms with Gasteiger partial charge in [0.2, 0.25) is 5.91 Å². The molecule has 1 saturated heterocycles. The van der Waals surface area contributed by atoms with E-state index in [1.165, 1.54) is 14.0 Å². The number of rotatable bonds is 6. The molecule has 152 valence electrons. The van der Waals surface area contributed by atoms with E-state index in [1.54, 1.807) is 23.1 Å². The maximum atomic E-state index is 12.6. The molecule has 1 aliphatic rings. The van der Waals surface area contributed by atoms with Gasteiger partial charge in [-0.05, 0) is 56.2 Å². The summed E-state index contributed by atoms with van der Waals surface area (Å²) in [4.78, 5) is 38.4. The number of amides is 1. The number of hydrogen-bond acceptors (Lipinski definition) is 5. The van der Waals surface area contributed by atoms with Crippen molar-refractivity contribution >= 4 is 23.3 Å². The second-order valence-corrected chi connectivity index (χ2v) is 7.31. The standard InChI is InChI=1S/C23H25NO5/c1-14-6-5-7-20(15(14)2)24-12-18(11-22(24)26)23(27)29-13-19-10-17(16(3)25)8-9-21(19)28-4/h5-10,18H,11-13H2,1-4H3/t18-/m1/s1. The molecule has 1 atom stereocenters. The number of nitrogens with zero attached hydrogens (tertiary/aromatic N) is 1. The fourth-order valence-corrected chi connectivity index (χ4v) is 3.50. The van der Waals surface area contributed by atoms with E-state index >= 15 is 0 Å². The summed E-state index contributed by atoms with van der Waals surface area (Å²) >= 11 is 0. The number of anilines is 1. The number of esters is 1. The van der Waals surface area contributed by atoms with Gasteiger partial charge in [0.25, 0.3) is 0 Å². The van der Waals surface area contributed by atoms with E-state index in [2.05, 4.69) is 0 Å². The van der Waals surface area contributed by atoms with Gasteiger partial charge in [-0.1, -0.05) is 12.1 Å². The van der Waals surface area contributed by atoms with Gasteiger partial charge in [0.1, 0.15) is 12.4 Å². The highest BCUT2D eigenvalue weighted by atomic mass is 16.5. The van der Waals surface area contributed by atoms with Crippen molar-refractivity contribution in [3.8, 4) is 5.75 Å². The Morgan fingerprint density at radius 1 is 1.17 bits per heavy atom. The SMILES string of the molecule is COc1ccc(C(C)=O)cc1COC(=O)[C@@H]1CC(=O)N(c2cccc(C)c2C)C1. The number of ether oxygens (including phenoxy) is 2. The molecule has 0 aromatic heterocycles. The molecule has 0 aliphatic carbocycles. The molecule has 29 heavy (non-hydrogen) atoms. The third kappa shape index (κ3) is 4.31. The Labute approximate surface area is 170 Å². The number of Topliss-reactive ketones (excluding diaryl/α,β-unsaturated/α-hetero) is 1. The predicted octanol–water partition coefficient (Wildman–Crippen LogP) is 3.61. The van der Waals surface area contributed by atoms with E-state index in [1.807, 2.05) is 32.0 Å². The van der Waals surface area contributed by atoms with Gasteiger partial charge < -0.3 is 14.4 Å². The number of hydrogen-bond donors (Lipinski definition) is 0. The molecule has 0 spiro atoms. The van der Waals surface area contributed by atoms with Gasteiger partial charge in [-0.3, -0.25) is 14.4 Å². The normalized spacial score (nSPS) is 16.1. The zero-order chi connectivity index (χ0) is 21.1. The summed E-state index contributed by atoms with van der Waals surface area (Å²) < 4.78 is 10.8. The summed E-state index contributed by atoms with van der Waals surface area (Å²) in [7, 11) is 1.52. The van der Waals surface area contributed by atoms with E-state index in [9.17, 15) is 14.4 Å². The molecule has 0 radical (unpaired) electrons. The quantitative estimate of drug-likeness (QED) is 0.552. The summed E-state index contributed by atoms with van der Waals surface area (Å²) in [5.41, 5.74) is 4.10. The van der Waals surface area contributed by atoms with Gasteiger partial charge in [-0.2, -0.15) is 0 Å². The molecule has 6 nitrogen and oxygen atoms in total. The summed E-state index contributed by atoms with van der Waals surface area (Å²) in [6.45, 7) is 5.72. The van der Waals surface area contributed by atoms with Crippen LogP contribution >= 0.6 is 0 Å². The topological polar surface area (TPSA) is 72.9 Å². The van der Waals surface area contributed by atoms with Crippen molar-refractivity contribution in [1.29, 1.82) is 0 Å². The Kier molecular flexibility index (Phi) is 6.01. The van der Waals surface area contributed by atoms with Crippen LogP contribution in [-0.2, 0) is 20.9 Å². The average molecular weight is 395 g/mol. The summed E-state index contributed by atoms with van der Waals surface area (Å²) in [5, 5.41) is 0. The predicted molar refractivity (Wildman–Crippen MR) is 109 cm³/mol. The largest absolute Gasteiger partial charge is 0.496 e. The van der Waals surface area contributed by atoms with Crippen molar-refractivity contribution in [1.82, 2.24) is 0 Å². The number of carbonyl (C=O) groups is 3. The average Bonchev–Trinajstić information content (AvgIpc) is 3.09. The lowest BCUT2D eigenvalue weighted by Crippen LogP contribution is -2.27. The molecule has 1 fully saturated rings. The minimum absolute atomic E-state index is 0.0166. The molecular weight excluding hydrogens is 370 g/mol. The second-order valence-electron chi connectivity index (χ2n) is 7.31. The first kappa shape index (κ1) is 20.6. The van der Waals surface area contributed by atoms with Crippen LogP contribution in [0.4, 0.5) is 5.69 Å². The first-order chi connectivity index (χ1) is 13.8. The van der Waals surface area contributed by atoms with Crippen molar-refractivity contribution < 1.29 is 23.9 Å². The lowest BCUT2D eigenvalue weighted by atomic mass is 10.1. The van der Waals surface area contributed by atoms with Crippen molar-refractivity contribution in [2.24, 2.45) is 5.92 Å². The zero-order valence-electron chi connectivity index (χ0n) is 17.2. The van der Waals surface area contributed by atoms with Crippen LogP contribution in [0.25, 0.3) is 0 Å². The Morgan fingerprint density at radius 2 is 1.93 bits per heavy atom. The molecule has 1 amide bonds. The van der Waals surface area contributed by atoms with E-state index in [4.69, 9.17) is 9.47 Å². The van der Waals surface area contributed by atoms with Crippen LogP contribution < -0.4 is 9.64 Å². The molecule has 0 unspecified atom stereocenters. The third-order valence-corrected chi connectivity index (χ3v) is 5.38. The molecule has 0 N–H and O–H groups in total. The Morgan fingerprint density at radius 3 is 2.62 bits per heavy atom. The molecule has 6 heteroatoms.